The number of aromatic nitrogens is 1. The van der Waals surface area contributed by atoms with Gasteiger partial charge < -0.3 is 18.9 Å². The van der Waals surface area contributed by atoms with Gasteiger partial charge in [-0.15, -0.1) is 0 Å². The maximum absolute atomic E-state index is 13.1. The fourth-order valence-electron chi connectivity index (χ4n) is 4.11. The van der Waals surface area contributed by atoms with Gasteiger partial charge in [0.1, 0.15) is 18.1 Å². The second-order valence-corrected chi connectivity index (χ2v) is 8.27. The van der Waals surface area contributed by atoms with Gasteiger partial charge in [-0.2, -0.15) is 0 Å². The largest absolute Gasteiger partial charge is 0.376 e. The number of nitrogens with zero attached hydrogens (tertiary/aromatic N) is 2. The summed E-state index contributed by atoms with van der Waals surface area (Å²) >= 11 is 0. The summed E-state index contributed by atoms with van der Waals surface area (Å²) in [5.74, 6) is 0.703. The van der Waals surface area contributed by atoms with E-state index in [9.17, 15) is 9.18 Å². The Balaban J connectivity index is 1.29. The zero-order chi connectivity index (χ0) is 21.5. The summed E-state index contributed by atoms with van der Waals surface area (Å²) in [6, 6.07) is 7.76. The Labute approximate surface area is 182 Å². The molecule has 6 nitrogen and oxygen atoms in total. The van der Waals surface area contributed by atoms with Crippen molar-refractivity contribution in [3.63, 3.8) is 0 Å². The third-order valence-electron chi connectivity index (χ3n) is 5.82. The number of carbonyl (C=O) groups is 1. The lowest BCUT2D eigenvalue weighted by molar-refractivity contribution is -0.139. The van der Waals surface area contributed by atoms with Crippen molar-refractivity contribution in [3.8, 4) is 11.3 Å². The van der Waals surface area contributed by atoms with E-state index in [-0.39, 0.29) is 31.0 Å². The predicted octanol–water partition coefficient (Wildman–Crippen LogP) is 4.36. The van der Waals surface area contributed by atoms with Crippen LogP contribution in [0.4, 0.5) is 4.39 Å². The third-order valence-corrected chi connectivity index (χ3v) is 5.82. The maximum atomic E-state index is 13.1. The average Bonchev–Trinajstić information content (AvgIpc) is 3.47. The quantitative estimate of drug-likeness (QED) is 0.555. The molecule has 2 heterocycles. The Morgan fingerprint density at radius 3 is 2.81 bits per heavy atom. The van der Waals surface area contributed by atoms with Crippen molar-refractivity contribution in [1.82, 2.24) is 10.1 Å². The first kappa shape index (κ1) is 21.7. The first-order valence-electron chi connectivity index (χ1n) is 11.0. The lowest BCUT2D eigenvalue weighted by Crippen LogP contribution is -2.42. The van der Waals surface area contributed by atoms with Crippen LogP contribution in [-0.2, 0) is 20.9 Å². The molecule has 1 aromatic heterocycles. The van der Waals surface area contributed by atoms with Gasteiger partial charge in [-0.3, -0.25) is 4.79 Å². The van der Waals surface area contributed by atoms with Crippen molar-refractivity contribution in [1.29, 1.82) is 0 Å². The molecule has 1 aromatic carbocycles. The van der Waals surface area contributed by atoms with E-state index in [2.05, 4.69) is 17.3 Å². The molecule has 2 aromatic rings. The topological polar surface area (TPSA) is 64.8 Å². The predicted molar refractivity (Wildman–Crippen MR) is 114 cm³/mol. The molecule has 0 radical (unpaired) electrons. The van der Waals surface area contributed by atoms with Gasteiger partial charge in [-0.1, -0.05) is 17.3 Å². The fraction of sp³-hybridized carbons (Fsp3) is 0.500. The van der Waals surface area contributed by atoms with Crippen LogP contribution >= 0.6 is 0 Å². The van der Waals surface area contributed by atoms with Gasteiger partial charge in [0.15, 0.2) is 5.76 Å². The van der Waals surface area contributed by atoms with Crippen molar-refractivity contribution in [2.75, 3.05) is 26.3 Å². The Hall–Kier alpha value is -2.51. The molecular weight excluding hydrogens is 399 g/mol. The van der Waals surface area contributed by atoms with E-state index in [1.54, 1.807) is 18.2 Å². The Morgan fingerprint density at radius 2 is 2.06 bits per heavy atom. The fourth-order valence-corrected chi connectivity index (χ4v) is 4.11. The van der Waals surface area contributed by atoms with Gasteiger partial charge in [-0.25, -0.2) is 4.39 Å². The highest BCUT2D eigenvalue weighted by molar-refractivity contribution is 5.77. The summed E-state index contributed by atoms with van der Waals surface area (Å²) in [5.41, 5.74) is 1.33. The summed E-state index contributed by atoms with van der Waals surface area (Å²) < 4.78 is 29.8. The summed E-state index contributed by atoms with van der Waals surface area (Å²) in [6.07, 6.45) is 9.80. The van der Waals surface area contributed by atoms with Crippen molar-refractivity contribution < 1.29 is 23.2 Å². The molecule has 0 spiro atoms. The van der Waals surface area contributed by atoms with E-state index in [1.807, 2.05) is 4.90 Å². The highest BCUT2D eigenvalue weighted by atomic mass is 19.1. The van der Waals surface area contributed by atoms with Crippen LogP contribution in [0.1, 0.15) is 37.8 Å². The molecule has 1 aliphatic carbocycles. The van der Waals surface area contributed by atoms with Crippen LogP contribution in [0.3, 0.4) is 0 Å². The number of rotatable bonds is 9. The van der Waals surface area contributed by atoms with Gasteiger partial charge in [0.2, 0.25) is 5.91 Å². The summed E-state index contributed by atoms with van der Waals surface area (Å²) in [5, 5.41) is 3.99. The number of amides is 1. The molecule has 7 heteroatoms. The monoisotopic (exact) mass is 428 g/mol. The maximum Gasteiger partial charge on any atom is 0.248 e. The van der Waals surface area contributed by atoms with Crippen LogP contribution in [0, 0.1) is 11.7 Å². The van der Waals surface area contributed by atoms with Crippen molar-refractivity contribution in [2.24, 2.45) is 5.92 Å². The Kier molecular flexibility index (Phi) is 7.48. The molecule has 2 atom stereocenters. The molecule has 31 heavy (non-hydrogen) atoms. The number of hydrogen-bond acceptors (Lipinski definition) is 5. The highest BCUT2D eigenvalue weighted by Gasteiger charge is 2.25. The number of hydrogen-bond donors (Lipinski definition) is 0. The van der Waals surface area contributed by atoms with Crippen molar-refractivity contribution in [2.45, 2.75) is 44.8 Å². The second-order valence-electron chi connectivity index (χ2n) is 8.27. The first-order chi connectivity index (χ1) is 15.2. The van der Waals surface area contributed by atoms with Gasteiger partial charge in [-0.05, 0) is 62.3 Å². The van der Waals surface area contributed by atoms with Crippen LogP contribution in [0.25, 0.3) is 11.3 Å². The highest BCUT2D eigenvalue weighted by Crippen LogP contribution is 2.22. The molecule has 0 saturated carbocycles. The summed E-state index contributed by atoms with van der Waals surface area (Å²) in [4.78, 5) is 14.8. The second kappa shape index (κ2) is 10.7. The molecule has 2 aliphatic rings. The minimum absolute atomic E-state index is 0.00593. The van der Waals surface area contributed by atoms with E-state index < -0.39 is 0 Å². The SMILES string of the molecule is O=C(COCc1cc(-c2ccc(F)cc2)on1)N(C[C@H]1CC=CCC1)C[C@H]1CCCO1. The molecular formula is C24H29FN2O4. The number of carbonyl (C=O) groups excluding carboxylic acids is 1. The third kappa shape index (κ3) is 6.24. The number of allylic oxidation sites excluding steroid dienone is 2. The minimum atomic E-state index is -0.304. The molecule has 1 saturated heterocycles. The normalized spacial score (nSPS) is 20.8. The van der Waals surface area contributed by atoms with Gasteiger partial charge in [0.05, 0.1) is 12.7 Å². The zero-order valence-corrected chi connectivity index (χ0v) is 17.7. The van der Waals surface area contributed by atoms with Crippen LogP contribution in [0.2, 0.25) is 0 Å². The average molecular weight is 429 g/mol. The van der Waals surface area contributed by atoms with Crippen LogP contribution < -0.4 is 0 Å². The van der Waals surface area contributed by atoms with Crippen LogP contribution in [0.5, 0.6) is 0 Å². The molecule has 1 fully saturated rings. The Bertz CT molecular complexity index is 874. The van der Waals surface area contributed by atoms with Crippen molar-refractivity contribution in [3.05, 3.63) is 54.0 Å². The van der Waals surface area contributed by atoms with E-state index in [0.29, 0.717) is 23.9 Å². The number of benzene rings is 1. The van der Waals surface area contributed by atoms with Crippen LogP contribution in [0.15, 0.2) is 47.0 Å². The van der Waals surface area contributed by atoms with Crippen molar-refractivity contribution >= 4 is 5.91 Å². The van der Waals surface area contributed by atoms with E-state index in [1.165, 1.54) is 12.1 Å². The molecule has 166 valence electrons. The summed E-state index contributed by atoms with van der Waals surface area (Å²) in [7, 11) is 0. The standard InChI is InChI=1S/C24H29FN2O4/c25-20-10-8-19(9-11-20)23-13-21(26-31-23)16-29-17-24(28)27(15-22-7-4-12-30-22)14-18-5-2-1-3-6-18/h1-2,8-11,13,18,22H,3-7,12,14-17H2/t18-,22+/m0/s1. The number of halogens is 1. The first-order valence-corrected chi connectivity index (χ1v) is 11.0. The van der Waals surface area contributed by atoms with Gasteiger partial charge >= 0.3 is 0 Å². The van der Waals surface area contributed by atoms with Crippen LogP contribution in [-0.4, -0.2) is 48.4 Å². The zero-order valence-electron chi connectivity index (χ0n) is 17.7. The molecule has 4 rings (SSSR count). The van der Waals surface area contributed by atoms with E-state index >= 15 is 0 Å². The lowest BCUT2D eigenvalue weighted by Gasteiger charge is -2.30. The lowest BCUT2D eigenvalue weighted by atomic mass is 9.94. The molecule has 1 amide bonds. The minimum Gasteiger partial charge on any atom is -0.376 e. The smallest absolute Gasteiger partial charge is 0.248 e. The molecule has 0 unspecified atom stereocenters. The molecule has 0 N–H and O–H groups in total. The van der Waals surface area contributed by atoms with Gasteiger partial charge in [0, 0.05) is 31.3 Å². The molecule has 0 bridgehead atoms. The van der Waals surface area contributed by atoms with Gasteiger partial charge in [0.25, 0.3) is 0 Å². The van der Waals surface area contributed by atoms with E-state index in [0.717, 1.165) is 50.8 Å². The Morgan fingerprint density at radius 1 is 1.19 bits per heavy atom. The van der Waals surface area contributed by atoms with E-state index in [4.69, 9.17) is 14.0 Å². The number of ether oxygens (including phenoxy) is 2. The summed E-state index contributed by atoms with van der Waals surface area (Å²) in [6.45, 7) is 2.31. The molecule has 1 aliphatic heterocycles.